The van der Waals surface area contributed by atoms with E-state index in [1.165, 1.54) is 29.7 Å². The van der Waals surface area contributed by atoms with E-state index in [1.807, 2.05) is 0 Å². The van der Waals surface area contributed by atoms with Gasteiger partial charge < -0.3 is 0 Å². The number of nitrogens with zero attached hydrogens (tertiary/aromatic N) is 1. The standard InChI is InChI=1S/C14H19N/c1-9(2)12-7-5-10(3)13-8-6-11(4)15-14(12)13/h6,8,10,12H,1,5,7H2,2-4H3/t10-,12+/m1/s1. The van der Waals surface area contributed by atoms with Crippen LogP contribution in [0.15, 0.2) is 24.3 Å². The van der Waals surface area contributed by atoms with Gasteiger partial charge in [-0.25, -0.2) is 0 Å². The summed E-state index contributed by atoms with van der Waals surface area (Å²) in [4.78, 5) is 4.71. The Morgan fingerprint density at radius 3 is 2.80 bits per heavy atom. The summed E-state index contributed by atoms with van der Waals surface area (Å²) in [5.41, 5.74) is 5.08. The third kappa shape index (κ3) is 1.83. The lowest BCUT2D eigenvalue weighted by Crippen LogP contribution is -2.15. The molecule has 1 aromatic heterocycles. The molecule has 1 aromatic rings. The average molecular weight is 201 g/mol. The maximum Gasteiger partial charge on any atom is 0.0512 e. The number of allylic oxidation sites excluding steroid dienone is 1. The number of pyridine rings is 1. The van der Waals surface area contributed by atoms with Crippen LogP contribution in [-0.2, 0) is 0 Å². The van der Waals surface area contributed by atoms with Gasteiger partial charge >= 0.3 is 0 Å². The molecule has 0 bridgehead atoms. The van der Waals surface area contributed by atoms with Crippen LogP contribution in [0.5, 0.6) is 0 Å². The number of aromatic nitrogens is 1. The van der Waals surface area contributed by atoms with Gasteiger partial charge in [0, 0.05) is 11.6 Å². The molecule has 0 aromatic carbocycles. The van der Waals surface area contributed by atoms with Crippen LogP contribution < -0.4 is 0 Å². The van der Waals surface area contributed by atoms with Crippen LogP contribution in [0.25, 0.3) is 0 Å². The molecule has 1 aliphatic rings. The topological polar surface area (TPSA) is 12.9 Å². The van der Waals surface area contributed by atoms with Crippen LogP contribution in [0.4, 0.5) is 0 Å². The molecular formula is C14H19N. The van der Waals surface area contributed by atoms with Crippen LogP contribution in [0.2, 0.25) is 0 Å². The van der Waals surface area contributed by atoms with Crippen molar-refractivity contribution in [3.8, 4) is 0 Å². The fourth-order valence-electron chi connectivity index (χ4n) is 2.47. The van der Waals surface area contributed by atoms with E-state index in [9.17, 15) is 0 Å². The Hall–Kier alpha value is -1.11. The second kappa shape index (κ2) is 3.80. The van der Waals surface area contributed by atoms with Crippen molar-refractivity contribution in [2.24, 2.45) is 0 Å². The summed E-state index contributed by atoms with van der Waals surface area (Å²) in [6, 6.07) is 4.37. The first-order chi connectivity index (χ1) is 7.09. The Labute approximate surface area is 92.2 Å². The lowest BCUT2D eigenvalue weighted by molar-refractivity contribution is 0.527. The van der Waals surface area contributed by atoms with Crippen molar-refractivity contribution < 1.29 is 0 Å². The highest BCUT2D eigenvalue weighted by Gasteiger charge is 2.26. The molecule has 0 spiro atoms. The van der Waals surface area contributed by atoms with E-state index in [0.29, 0.717) is 11.8 Å². The minimum atomic E-state index is 0.482. The highest BCUT2D eigenvalue weighted by molar-refractivity contribution is 5.35. The predicted molar refractivity (Wildman–Crippen MR) is 64.2 cm³/mol. The van der Waals surface area contributed by atoms with Gasteiger partial charge in [0.15, 0.2) is 0 Å². The van der Waals surface area contributed by atoms with E-state index >= 15 is 0 Å². The largest absolute Gasteiger partial charge is 0.257 e. The number of hydrogen-bond acceptors (Lipinski definition) is 1. The van der Waals surface area contributed by atoms with Crippen molar-refractivity contribution in [3.63, 3.8) is 0 Å². The third-order valence-corrected chi connectivity index (χ3v) is 3.44. The average Bonchev–Trinajstić information content (AvgIpc) is 2.17. The van der Waals surface area contributed by atoms with Gasteiger partial charge in [-0.3, -0.25) is 4.98 Å². The minimum absolute atomic E-state index is 0.482. The first kappa shape index (κ1) is 10.4. The van der Waals surface area contributed by atoms with Gasteiger partial charge in [-0.1, -0.05) is 25.1 Å². The Morgan fingerprint density at radius 2 is 2.13 bits per heavy atom. The molecule has 0 saturated heterocycles. The minimum Gasteiger partial charge on any atom is -0.257 e. The molecular weight excluding hydrogens is 182 g/mol. The van der Waals surface area contributed by atoms with Crippen molar-refractivity contribution in [1.29, 1.82) is 0 Å². The first-order valence-corrected chi connectivity index (χ1v) is 5.72. The Balaban J connectivity index is 2.51. The summed E-state index contributed by atoms with van der Waals surface area (Å²) >= 11 is 0. The van der Waals surface area contributed by atoms with E-state index < -0.39 is 0 Å². The van der Waals surface area contributed by atoms with Gasteiger partial charge in [0.2, 0.25) is 0 Å². The van der Waals surface area contributed by atoms with Crippen molar-refractivity contribution >= 4 is 0 Å². The molecule has 1 heterocycles. The van der Waals surface area contributed by atoms with Crippen molar-refractivity contribution in [1.82, 2.24) is 4.98 Å². The zero-order valence-electron chi connectivity index (χ0n) is 9.88. The van der Waals surface area contributed by atoms with E-state index in [-0.39, 0.29) is 0 Å². The molecule has 0 amide bonds. The van der Waals surface area contributed by atoms with Crippen LogP contribution in [0, 0.1) is 6.92 Å². The van der Waals surface area contributed by atoms with Gasteiger partial charge in [0.05, 0.1) is 5.69 Å². The zero-order valence-corrected chi connectivity index (χ0v) is 9.88. The lowest BCUT2D eigenvalue weighted by Gasteiger charge is -2.29. The molecule has 0 saturated carbocycles. The molecule has 1 nitrogen and oxygen atoms in total. The first-order valence-electron chi connectivity index (χ1n) is 5.72. The normalized spacial score (nSPS) is 24.7. The summed E-state index contributed by atoms with van der Waals surface area (Å²) in [6.07, 6.45) is 2.47. The van der Waals surface area contributed by atoms with Crippen LogP contribution in [0.3, 0.4) is 0 Å². The molecule has 1 heteroatoms. The smallest absolute Gasteiger partial charge is 0.0512 e. The molecule has 0 unspecified atom stereocenters. The van der Waals surface area contributed by atoms with Gasteiger partial charge in [0.1, 0.15) is 0 Å². The van der Waals surface area contributed by atoms with Crippen LogP contribution in [-0.4, -0.2) is 4.98 Å². The maximum absolute atomic E-state index is 4.71. The lowest BCUT2D eigenvalue weighted by atomic mass is 9.78. The highest BCUT2D eigenvalue weighted by Crippen LogP contribution is 2.40. The molecule has 2 atom stereocenters. The third-order valence-electron chi connectivity index (χ3n) is 3.44. The summed E-state index contributed by atoms with van der Waals surface area (Å²) in [5, 5.41) is 0. The Bertz CT molecular complexity index is 392. The summed E-state index contributed by atoms with van der Waals surface area (Å²) in [5.74, 6) is 1.14. The number of rotatable bonds is 1. The monoisotopic (exact) mass is 201 g/mol. The molecule has 0 radical (unpaired) electrons. The van der Waals surface area contributed by atoms with Gasteiger partial charge in [-0.15, -0.1) is 0 Å². The van der Waals surface area contributed by atoms with Gasteiger partial charge in [-0.05, 0) is 44.2 Å². The summed E-state index contributed by atoms with van der Waals surface area (Å²) < 4.78 is 0. The predicted octanol–water partition coefficient (Wildman–Crippen LogP) is 3.95. The van der Waals surface area contributed by atoms with E-state index in [2.05, 4.69) is 39.5 Å². The van der Waals surface area contributed by atoms with Gasteiger partial charge in [0.25, 0.3) is 0 Å². The Kier molecular flexibility index (Phi) is 2.64. The molecule has 0 aliphatic heterocycles. The van der Waals surface area contributed by atoms with Crippen LogP contribution >= 0.6 is 0 Å². The fourth-order valence-corrected chi connectivity index (χ4v) is 2.47. The second-order valence-electron chi connectivity index (χ2n) is 4.80. The molecule has 15 heavy (non-hydrogen) atoms. The second-order valence-corrected chi connectivity index (χ2v) is 4.80. The van der Waals surface area contributed by atoms with Crippen molar-refractivity contribution in [2.45, 2.75) is 45.4 Å². The molecule has 0 N–H and O–H groups in total. The van der Waals surface area contributed by atoms with E-state index in [1.54, 1.807) is 0 Å². The van der Waals surface area contributed by atoms with E-state index in [4.69, 9.17) is 4.98 Å². The van der Waals surface area contributed by atoms with Crippen molar-refractivity contribution in [2.75, 3.05) is 0 Å². The molecule has 80 valence electrons. The summed E-state index contributed by atoms with van der Waals surface area (Å²) in [7, 11) is 0. The highest BCUT2D eigenvalue weighted by atomic mass is 14.7. The molecule has 0 fully saturated rings. The van der Waals surface area contributed by atoms with Crippen molar-refractivity contribution in [3.05, 3.63) is 41.2 Å². The van der Waals surface area contributed by atoms with E-state index in [0.717, 1.165) is 5.69 Å². The quantitative estimate of drug-likeness (QED) is 0.627. The Morgan fingerprint density at radius 1 is 1.40 bits per heavy atom. The maximum atomic E-state index is 4.71. The SMILES string of the molecule is C=C(C)[C@@H]1CC[C@@H](C)c2ccc(C)nc21. The number of hydrogen-bond donors (Lipinski definition) is 0. The summed E-state index contributed by atoms with van der Waals surface area (Å²) in [6.45, 7) is 10.6. The molecule has 1 aliphatic carbocycles. The van der Waals surface area contributed by atoms with Gasteiger partial charge in [-0.2, -0.15) is 0 Å². The number of fused-ring (bicyclic) bond motifs is 1. The zero-order chi connectivity index (χ0) is 11.0. The number of aryl methyl sites for hydroxylation is 1. The fraction of sp³-hybridized carbons (Fsp3) is 0.500. The molecule has 2 rings (SSSR count). The van der Waals surface area contributed by atoms with Crippen LogP contribution in [0.1, 0.15) is 55.5 Å².